The Balaban J connectivity index is 2.09. The first-order chi connectivity index (χ1) is 11.6. The van der Waals surface area contributed by atoms with Gasteiger partial charge in [0.2, 0.25) is 5.91 Å². The lowest BCUT2D eigenvalue weighted by Crippen LogP contribution is -2.27. The van der Waals surface area contributed by atoms with Crippen molar-refractivity contribution in [2.24, 2.45) is 5.92 Å². The number of rotatable bonds is 7. The average molecular weight is 323 g/mol. The smallest absolute Gasteiger partial charge is 0.244 e. The summed E-state index contributed by atoms with van der Waals surface area (Å²) in [5, 5.41) is 3.11. The van der Waals surface area contributed by atoms with Gasteiger partial charge in [0.1, 0.15) is 5.75 Å². The van der Waals surface area contributed by atoms with E-state index in [0.717, 1.165) is 23.3 Å². The van der Waals surface area contributed by atoms with Crippen molar-refractivity contribution in [2.45, 2.75) is 26.3 Å². The Morgan fingerprint density at radius 1 is 1.08 bits per heavy atom. The van der Waals surface area contributed by atoms with Gasteiger partial charge in [0.05, 0.1) is 13.2 Å². The van der Waals surface area contributed by atoms with E-state index in [1.54, 1.807) is 19.3 Å². The molecule has 0 aliphatic rings. The summed E-state index contributed by atoms with van der Waals surface area (Å²) in [7, 11) is 1.63. The summed E-state index contributed by atoms with van der Waals surface area (Å²) in [5.41, 5.74) is 2.01. The lowest BCUT2D eigenvalue weighted by Gasteiger charge is -2.20. The molecule has 0 fully saturated rings. The van der Waals surface area contributed by atoms with Crippen LogP contribution < -0.4 is 10.1 Å². The highest BCUT2D eigenvalue weighted by atomic mass is 16.5. The summed E-state index contributed by atoms with van der Waals surface area (Å²) in [6, 6.07) is 17.7. The maximum atomic E-state index is 12.3. The van der Waals surface area contributed by atoms with Gasteiger partial charge in [0.15, 0.2) is 0 Å². The normalized spacial score (nSPS) is 12.3. The quantitative estimate of drug-likeness (QED) is 0.756. The van der Waals surface area contributed by atoms with Gasteiger partial charge in [-0.15, -0.1) is 0 Å². The molecule has 1 amide bonds. The number of hydrogen-bond donors (Lipinski definition) is 1. The summed E-state index contributed by atoms with van der Waals surface area (Å²) in [6.45, 7) is 4.32. The number of hydrogen-bond acceptors (Lipinski definition) is 2. The number of amides is 1. The van der Waals surface area contributed by atoms with Crippen molar-refractivity contribution in [1.29, 1.82) is 0 Å². The van der Waals surface area contributed by atoms with Gasteiger partial charge in [-0.05, 0) is 30.0 Å². The summed E-state index contributed by atoms with van der Waals surface area (Å²) < 4.78 is 5.30. The first-order valence-corrected chi connectivity index (χ1v) is 8.26. The second kappa shape index (κ2) is 8.92. The summed E-state index contributed by atoms with van der Waals surface area (Å²) in [6.07, 6.45) is 4.25. The third kappa shape index (κ3) is 5.27. The topological polar surface area (TPSA) is 38.3 Å². The summed E-state index contributed by atoms with van der Waals surface area (Å²) in [4.78, 5) is 12.3. The number of carbonyl (C=O) groups excluding carboxylic acids is 1. The summed E-state index contributed by atoms with van der Waals surface area (Å²) >= 11 is 0. The van der Waals surface area contributed by atoms with E-state index in [2.05, 4.69) is 31.3 Å². The van der Waals surface area contributed by atoms with Crippen molar-refractivity contribution in [2.75, 3.05) is 7.11 Å². The number of benzene rings is 2. The molecule has 126 valence electrons. The molecular formula is C21H25NO2. The van der Waals surface area contributed by atoms with E-state index in [4.69, 9.17) is 4.74 Å². The predicted molar refractivity (Wildman–Crippen MR) is 98.8 cm³/mol. The highest BCUT2D eigenvalue weighted by Crippen LogP contribution is 2.22. The number of methoxy groups -OCH3 is 1. The maximum Gasteiger partial charge on any atom is 0.244 e. The zero-order valence-corrected chi connectivity index (χ0v) is 14.5. The Hall–Kier alpha value is -2.55. The molecule has 1 N–H and O–H groups in total. The third-order valence-electron chi connectivity index (χ3n) is 3.78. The van der Waals surface area contributed by atoms with Crippen molar-refractivity contribution >= 4 is 12.0 Å². The molecule has 3 nitrogen and oxygen atoms in total. The highest BCUT2D eigenvalue weighted by molar-refractivity contribution is 5.92. The molecule has 0 unspecified atom stereocenters. The van der Waals surface area contributed by atoms with Crippen LogP contribution in [0.3, 0.4) is 0 Å². The molecule has 2 rings (SSSR count). The van der Waals surface area contributed by atoms with Crippen LogP contribution >= 0.6 is 0 Å². The lowest BCUT2D eigenvalue weighted by molar-refractivity contribution is -0.117. The minimum atomic E-state index is -0.101. The molecule has 3 heteroatoms. The molecule has 0 aliphatic heterocycles. The molecule has 2 aromatic carbocycles. The first-order valence-electron chi connectivity index (χ1n) is 8.26. The SMILES string of the molecule is COc1ccccc1/C=C/C(=O)N[C@@H](CC(C)C)c1ccccc1. The van der Waals surface area contributed by atoms with E-state index in [9.17, 15) is 4.79 Å². The standard InChI is InChI=1S/C21H25NO2/c1-16(2)15-19(17-9-5-4-6-10-17)22-21(23)14-13-18-11-7-8-12-20(18)24-3/h4-14,16,19H,15H2,1-3H3,(H,22,23)/b14-13+/t19-/m0/s1. The van der Waals surface area contributed by atoms with E-state index < -0.39 is 0 Å². The van der Waals surface area contributed by atoms with Gasteiger partial charge in [0.25, 0.3) is 0 Å². The Labute approximate surface area is 144 Å². The first kappa shape index (κ1) is 17.8. The van der Waals surface area contributed by atoms with Crippen molar-refractivity contribution in [3.05, 3.63) is 71.8 Å². The van der Waals surface area contributed by atoms with Crippen molar-refractivity contribution in [3.63, 3.8) is 0 Å². The monoisotopic (exact) mass is 323 g/mol. The molecule has 1 atom stereocenters. The molecule has 0 saturated heterocycles. The minimum absolute atomic E-state index is 0.0148. The Kier molecular flexibility index (Phi) is 6.62. The Bertz CT molecular complexity index is 677. The minimum Gasteiger partial charge on any atom is -0.496 e. The van der Waals surface area contributed by atoms with Crippen molar-refractivity contribution in [3.8, 4) is 5.75 Å². The molecule has 0 spiro atoms. The Morgan fingerprint density at radius 2 is 1.75 bits per heavy atom. The zero-order valence-electron chi connectivity index (χ0n) is 14.5. The molecular weight excluding hydrogens is 298 g/mol. The van der Waals surface area contributed by atoms with Gasteiger partial charge in [-0.2, -0.15) is 0 Å². The van der Waals surface area contributed by atoms with Gasteiger partial charge in [0, 0.05) is 11.6 Å². The molecule has 0 heterocycles. The van der Waals surface area contributed by atoms with E-state index in [0.29, 0.717) is 5.92 Å². The second-order valence-electron chi connectivity index (χ2n) is 6.18. The van der Waals surface area contributed by atoms with Crippen LogP contribution in [-0.4, -0.2) is 13.0 Å². The van der Waals surface area contributed by atoms with E-state index >= 15 is 0 Å². The van der Waals surface area contributed by atoms with E-state index in [-0.39, 0.29) is 11.9 Å². The van der Waals surface area contributed by atoms with Crippen LogP contribution in [0.15, 0.2) is 60.7 Å². The third-order valence-corrected chi connectivity index (χ3v) is 3.78. The largest absolute Gasteiger partial charge is 0.496 e. The fourth-order valence-corrected chi connectivity index (χ4v) is 2.62. The van der Waals surface area contributed by atoms with Crippen LogP contribution in [0, 0.1) is 5.92 Å². The van der Waals surface area contributed by atoms with E-state index in [1.165, 1.54) is 0 Å². The second-order valence-corrected chi connectivity index (χ2v) is 6.18. The Morgan fingerprint density at radius 3 is 2.42 bits per heavy atom. The molecule has 24 heavy (non-hydrogen) atoms. The van der Waals surface area contributed by atoms with Crippen LogP contribution in [0.2, 0.25) is 0 Å². The zero-order chi connectivity index (χ0) is 17.4. The fourth-order valence-electron chi connectivity index (χ4n) is 2.62. The van der Waals surface area contributed by atoms with Crippen molar-refractivity contribution in [1.82, 2.24) is 5.32 Å². The maximum absolute atomic E-state index is 12.3. The van der Waals surface area contributed by atoms with Gasteiger partial charge in [-0.1, -0.05) is 62.4 Å². The fraction of sp³-hybridized carbons (Fsp3) is 0.286. The number of nitrogens with one attached hydrogen (secondary N) is 1. The van der Waals surface area contributed by atoms with E-state index in [1.807, 2.05) is 42.5 Å². The van der Waals surface area contributed by atoms with Gasteiger partial charge in [-0.3, -0.25) is 4.79 Å². The molecule has 0 saturated carbocycles. The number of ether oxygens (including phenoxy) is 1. The van der Waals surface area contributed by atoms with Gasteiger partial charge < -0.3 is 10.1 Å². The van der Waals surface area contributed by atoms with Crippen LogP contribution in [0.4, 0.5) is 0 Å². The van der Waals surface area contributed by atoms with Gasteiger partial charge >= 0.3 is 0 Å². The van der Waals surface area contributed by atoms with Crippen LogP contribution in [0.25, 0.3) is 6.08 Å². The number of carbonyl (C=O) groups is 1. The number of para-hydroxylation sites is 1. The van der Waals surface area contributed by atoms with Crippen molar-refractivity contribution < 1.29 is 9.53 Å². The van der Waals surface area contributed by atoms with Crippen LogP contribution in [0.1, 0.15) is 37.4 Å². The predicted octanol–water partition coefficient (Wildman–Crippen LogP) is 4.61. The molecule has 0 radical (unpaired) electrons. The van der Waals surface area contributed by atoms with Crippen LogP contribution in [0.5, 0.6) is 5.75 Å². The molecule has 0 bridgehead atoms. The van der Waals surface area contributed by atoms with Crippen LogP contribution in [-0.2, 0) is 4.79 Å². The summed E-state index contributed by atoms with van der Waals surface area (Å²) in [5.74, 6) is 1.15. The lowest BCUT2D eigenvalue weighted by atomic mass is 9.97. The molecule has 2 aromatic rings. The molecule has 0 aliphatic carbocycles. The van der Waals surface area contributed by atoms with Gasteiger partial charge in [-0.25, -0.2) is 0 Å². The highest BCUT2D eigenvalue weighted by Gasteiger charge is 2.14. The molecule has 0 aromatic heterocycles. The average Bonchev–Trinajstić information content (AvgIpc) is 2.60.